The molecule has 0 spiro atoms. The maximum Gasteiger partial charge on any atom is 0.262 e. The molecule has 5 heteroatoms. The van der Waals surface area contributed by atoms with Gasteiger partial charge in [0.2, 0.25) is 0 Å². The summed E-state index contributed by atoms with van der Waals surface area (Å²) < 4.78 is 13.5. The van der Waals surface area contributed by atoms with Gasteiger partial charge in [-0.15, -0.1) is 0 Å². The molecular formula is C15H15FN2O2. The minimum Gasteiger partial charge on any atom is -0.507 e. The third-order valence-corrected chi connectivity index (χ3v) is 2.81. The average Bonchev–Trinajstić information content (AvgIpc) is 2.41. The number of phenolic OH excluding ortho intramolecular Hbond substituents is 1. The molecule has 2 aromatic rings. The van der Waals surface area contributed by atoms with E-state index in [1.807, 2.05) is 19.2 Å². The van der Waals surface area contributed by atoms with E-state index in [9.17, 15) is 14.3 Å². The number of benzene rings is 2. The van der Waals surface area contributed by atoms with Crippen LogP contribution in [0.1, 0.15) is 15.9 Å². The fourth-order valence-corrected chi connectivity index (χ4v) is 1.84. The molecule has 0 bridgehead atoms. The van der Waals surface area contributed by atoms with Gasteiger partial charge in [-0.1, -0.05) is 18.2 Å². The van der Waals surface area contributed by atoms with Gasteiger partial charge in [0.05, 0.1) is 0 Å². The van der Waals surface area contributed by atoms with Crippen molar-refractivity contribution in [2.45, 2.75) is 6.54 Å². The van der Waals surface area contributed by atoms with Gasteiger partial charge >= 0.3 is 0 Å². The van der Waals surface area contributed by atoms with Crippen LogP contribution in [0.2, 0.25) is 0 Å². The molecular weight excluding hydrogens is 259 g/mol. The molecule has 0 saturated heterocycles. The van der Waals surface area contributed by atoms with Gasteiger partial charge in [-0.3, -0.25) is 4.79 Å². The van der Waals surface area contributed by atoms with Gasteiger partial charge in [-0.05, 0) is 36.9 Å². The maximum absolute atomic E-state index is 13.5. The van der Waals surface area contributed by atoms with E-state index in [-0.39, 0.29) is 11.3 Å². The van der Waals surface area contributed by atoms with E-state index in [1.54, 1.807) is 12.1 Å². The summed E-state index contributed by atoms with van der Waals surface area (Å²) in [5.74, 6) is -1.81. The molecule has 0 aromatic heterocycles. The number of carbonyl (C=O) groups excluding carboxylic acids is 1. The number of anilines is 1. The molecule has 2 aromatic carbocycles. The Labute approximate surface area is 116 Å². The molecule has 0 radical (unpaired) electrons. The largest absolute Gasteiger partial charge is 0.507 e. The van der Waals surface area contributed by atoms with Crippen LogP contribution in [-0.2, 0) is 6.54 Å². The van der Waals surface area contributed by atoms with E-state index in [0.717, 1.165) is 18.2 Å². The minimum absolute atomic E-state index is 0.355. The van der Waals surface area contributed by atoms with Crippen molar-refractivity contribution in [1.82, 2.24) is 5.32 Å². The normalized spacial score (nSPS) is 10.3. The number of carbonyl (C=O) groups is 1. The summed E-state index contributed by atoms with van der Waals surface area (Å²) >= 11 is 0. The van der Waals surface area contributed by atoms with E-state index in [0.29, 0.717) is 5.69 Å². The highest BCUT2D eigenvalue weighted by Crippen LogP contribution is 2.21. The van der Waals surface area contributed by atoms with Crippen LogP contribution in [0.3, 0.4) is 0 Å². The van der Waals surface area contributed by atoms with Crippen molar-refractivity contribution >= 4 is 11.6 Å². The van der Waals surface area contributed by atoms with Gasteiger partial charge in [-0.25, -0.2) is 4.39 Å². The Balaban J connectivity index is 2.15. The third kappa shape index (κ3) is 3.13. The minimum atomic E-state index is -0.755. The van der Waals surface area contributed by atoms with Crippen LogP contribution in [0.15, 0.2) is 42.5 Å². The van der Waals surface area contributed by atoms with Crippen LogP contribution in [0, 0.1) is 5.82 Å². The van der Waals surface area contributed by atoms with Crippen molar-refractivity contribution < 1.29 is 14.3 Å². The highest BCUT2D eigenvalue weighted by atomic mass is 19.1. The van der Waals surface area contributed by atoms with Crippen molar-refractivity contribution in [1.29, 1.82) is 0 Å². The molecule has 0 heterocycles. The highest BCUT2D eigenvalue weighted by Gasteiger charge is 2.16. The Morgan fingerprint density at radius 3 is 2.50 bits per heavy atom. The first-order chi connectivity index (χ1) is 9.61. The maximum atomic E-state index is 13.5. The Bertz CT molecular complexity index is 592. The second kappa shape index (κ2) is 6.16. The Kier molecular flexibility index (Phi) is 4.32. The molecule has 0 fully saturated rings. The van der Waals surface area contributed by atoms with Crippen LogP contribution >= 0.6 is 0 Å². The molecule has 1 amide bonds. The first kappa shape index (κ1) is 14.0. The number of aromatic hydroxyl groups is 1. The summed E-state index contributed by atoms with van der Waals surface area (Å²) in [6.45, 7) is 0.725. The van der Waals surface area contributed by atoms with E-state index < -0.39 is 11.7 Å². The summed E-state index contributed by atoms with van der Waals surface area (Å²) in [6, 6.07) is 10.9. The molecule has 0 aliphatic carbocycles. The standard InChI is InChI=1S/C15H15FN2O2/c1-17-9-10-5-7-11(8-6-10)18-15(20)14-12(16)3-2-4-13(14)19/h2-8,17,19H,9H2,1H3,(H,18,20). The van der Waals surface area contributed by atoms with Crippen molar-refractivity contribution in [2.75, 3.05) is 12.4 Å². The van der Waals surface area contributed by atoms with Crippen molar-refractivity contribution in [3.63, 3.8) is 0 Å². The second-order valence-corrected chi connectivity index (χ2v) is 4.32. The van der Waals surface area contributed by atoms with Gasteiger partial charge in [0.25, 0.3) is 5.91 Å². The molecule has 20 heavy (non-hydrogen) atoms. The van der Waals surface area contributed by atoms with Crippen LogP contribution in [0.4, 0.5) is 10.1 Å². The number of amides is 1. The molecule has 2 rings (SSSR count). The van der Waals surface area contributed by atoms with Gasteiger partial charge in [0.15, 0.2) is 0 Å². The molecule has 0 aliphatic heterocycles. The number of hydrogen-bond donors (Lipinski definition) is 3. The van der Waals surface area contributed by atoms with Crippen LogP contribution in [-0.4, -0.2) is 18.1 Å². The third-order valence-electron chi connectivity index (χ3n) is 2.81. The number of rotatable bonds is 4. The van der Waals surface area contributed by atoms with Gasteiger partial charge in [-0.2, -0.15) is 0 Å². The zero-order valence-corrected chi connectivity index (χ0v) is 11.0. The molecule has 104 valence electrons. The van der Waals surface area contributed by atoms with E-state index in [1.165, 1.54) is 12.1 Å². The first-order valence-electron chi connectivity index (χ1n) is 6.14. The van der Waals surface area contributed by atoms with E-state index >= 15 is 0 Å². The number of nitrogens with one attached hydrogen (secondary N) is 2. The summed E-state index contributed by atoms with van der Waals surface area (Å²) in [5, 5.41) is 15.1. The zero-order chi connectivity index (χ0) is 14.5. The molecule has 0 saturated carbocycles. The smallest absolute Gasteiger partial charge is 0.262 e. The monoisotopic (exact) mass is 274 g/mol. The Morgan fingerprint density at radius 1 is 1.20 bits per heavy atom. The summed E-state index contributed by atoms with van der Waals surface area (Å²) in [7, 11) is 1.84. The molecule has 0 atom stereocenters. The van der Waals surface area contributed by atoms with Crippen LogP contribution in [0.5, 0.6) is 5.75 Å². The lowest BCUT2D eigenvalue weighted by Gasteiger charge is -2.08. The van der Waals surface area contributed by atoms with Gasteiger partial charge in [0.1, 0.15) is 17.1 Å². The Hall–Kier alpha value is -2.40. The van der Waals surface area contributed by atoms with Crippen molar-refractivity contribution in [2.24, 2.45) is 0 Å². The molecule has 3 N–H and O–H groups in total. The van der Waals surface area contributed by atoms with E-state index in [4.69, 9.17) is 0 Å². The van der Waals surface area contributed by atoms with Crippen molar-refractivity contribution in [3.8, 4) is 5.75 Å². The lowest BCUT2D eigenvalue weighted by atomic mass is 10.1. The summed E-state index contributed by atoms with van der Waals surface area (Å²) in [5.41, 5.74) is 1.25. The average molecular weight is 274 g/mol. The number of hydrogen-bond acceptors (Lipinski definition) is 3. The molecule has 4 nitrogen and oxygen atoms in total. The predicted octanol–water partition coefficient (Wildman–Crippen LogP) is 2.50. The van der Waals surface area contributed by atoms with Crippen molar-refractivity contribution in [3.05, 3.63) is 59.4 Å². The molecule has 0 aliphatic rings. The summed E-state index contributed by atoms with van der Waals surface area (Å²) in [6.07, 6.45) is 0. The predicted molar refractivity (Wildman–Crippen MR) is 75.2 cm³/mol. The summed E-state index contributed by atoms with van der Waals surface area (Å²) in [4.78, 5) is 11.9. The highest BCUT2D eigenvalue weighted by molar-refractivity contribution is 6.06. The van der Waals surface area contributed by atoms with Gasteiger partial charge < -0.3 is 15.7 Å². The van der Waals surface area contributed by atoms with E-state index in [2.05, 4.69) is 10.6 Å². The fraction of sp³-hybridized carbons (Fsp3) is 0.133. The zero-order valence-electron chi connectivity index (χ0n) is 11.0. The van der Waals surface area contributed by atoms with Gasteiger partial charge in [0, 0.05) is 12.2 Å². The number of halogens is 1. The quantitative estimate of drug-likeness (QED) is 0.802. The second-order valence-electron chi connectivity index (χ2n) is 4.32. The van der Waals surface area contributed by atoms with Crippen LogP contribution in [0.25, 0.3) is 0 Å². The van der Waals surface area contributed by atoms with Crippen LogP contribution < -0.4 is 10.6 Å². The SMILES string of the molecule is CNCc1ccc(NC(=O)c2c(O)cccc2F)cc1. The molecule has 0 unspecified atom stereocenters. The fourth-order valence-electron chi connectivity index (χ4n) is 1.84. The first-order valence-corrected chi connectivity index (χ1v) is 6.14. The number of phenols is 1. The topological polar surface area (TPSA) is 61.4 Å². The lowest BCUT2D eigenvalue weighted by molar-refractivity contribution is 0.102. The Morgan fingerprint density at radius 2 is 1.90 bits per heavy atom. The lowest BCUT2D eigenvalue weighted by Crippen LogP contribution is -2.14.